The first-order valence-electron chi connectivity index (χ1n) is 7.97. The van der Waals surface area contributed by atoms with Crippen molar-refractivity contribution in [1.29, 1.82) is 0 Å². The fraction of sp³-hybridized carbons (Fsp3) is 0.812. The minimum Gasteiger partial charge on any atom is -0.394 e. The number of likely N-dealkylation sites (N-methyl/N-ethyl adjacent to an activating group) is 1. The molecule has 2 unspecified atom stereocenters. The SMILES string of the molecule is CCNC1(CO)CCCC(n2nc(C)c(CC)c2C)C1. The number of rotatable bonds is 5. The van der Waals surface area contributed by atoms with Gasteiger partial charge in [-0.2, -0.15) is 5.10 Å². The van der Waals surface area contributed by atoms with E-state index in [9.17, 15) is 5.11 Å². The summed E-state index contributed by atoms with van der Waals surface area (Å²) in [6.07, 6.45) is 5.40. The van der Waals surface area contributed by atoms with Gasteiger partial charge in [0.15, 0.2) is 0 Å². The fourth-order valence-electron chi connectivity index (χ4n) is 3.84. The van der Waals surface area contributed by atoms with E-state index in [2.05, 4.69) is 37.7 Å². The Morgan fingerprint density at radius 1 is 1.40 bits per heavy atom. The minimum atomic E-state index is -0.115. The van der Waals surface area contributed by atoms with E-state index in [1.807, 2.05) is 0 Å². The van der Waals surface area contributed by atoms with Crippen molar-refractivity contribution in [2.45, 2.75) is 71.4 Å². The van der Waals surface area contributed by atoms with E-state index < -0.39 is 0 Å². The van der Waals surface area contributed by atoms with E-state index in [1.165, 1.54) is 11.3 Å². The molecule has 0 amide bonds. The second kappa shape index (κ2) is 6.27. The third-order valence-corrected chi connectivity index (χ3v) is 4.85. The molecule has 2 rings (SSSR count). The zero-order valence-corrected chi connectivity index (χ0v) is 13.4. The summed E-state index contributed by atoms with van der Waals surface area (Å²) in [5.74, 6) is 0. The molecule has 2 atom stereocenters. The summed E-state index contributed by atoms with van der Waals surface area (Å²) < 4.78 is 2.22. The van der Waals surface area contributed by atoms with Crippen molar-refractivity contribution in [2.24, 2.45) is 0 Å². The number of aromatic nitrogens is 2. The van der Waals surface area contributed by atoms with Gasteiger partial charge in [0.2, 0.25) is 0 Å². The minimum absolute atomic E-state index is 0.115. The monoisotopic (exact) mass is 279 g/mol. The van der Waals surface area contributed by atoms with Crippen molar-refractivity contribution in [3.05, 3.63) is 17.0 Å². The average Bonchev–Trinajstić information content (AvgIpc) is 2.74. The van der Waals surface area contributed by atoms with Gasteiger partial charge in [0.05, 0.1) is 18.3 Å². The second-order valence-electron chi connectivity index (χ2n) is 6.17. The maximum atomic E-state index is 9.82. The van der Waals surface area contributed by atoms with Crippen LogP contribution in [0.15, 0.2) is 0 Å². The van der Waals surface area contributed by atoms with Gasteiger partial charge in [-0.15, -0.1) is 0 Å². The predicted molar refractivity (Wildman–Crippen MR) is 82.1 cm³/mol. The van der Waals surface area contributed by atoms with Gasteiger partial charge in [-0.25, -0.2) is 0 Å². The van der Waals surface area contributed by atoms with Gasteiger partial charge in [0.25, 0.3) is 0 Å². The molecule has 0 bridgehead atoms. The lowest BCUT2D eigenvalue weighted by Crippen LogP contribution is -2.52. The number of aliphatic hydroxyl groups is 1. The van der Waals surface area contributed by atoms with Crippen molar-refractivity contribution in [2.75, 3.05) is 13.2 Å². The van der Waals surface area contributed by atoms with Crippen molar-refractivity contribution >= 4 is 0 Å². The number of nitrogens with zero attached hydrogens (tertiary/aromatic N) is 2. The molecule has 0 spiro atoms. The second-order valence-corrected chi connectivity index (χ2v) is 6.17. The van der Waals surface area contributed by atoms with E-state index in [0.29, 0.717) is 6.04 Å². The van der Waals surface area contributed by atoms with Crippen LogP contribution >= 0.6 is 0 Å². The van der Waals surface area contributed by atoms with E-state index in [1.54, 1.807) is 0 Å². The molecule has 0 aliphatic heterocycles. The zero-order valence-electron chi connectivity index (χ0n) is 13.4. The molecule has 1 aromatic rings. The summed E-state index contributed by atoms with van der Waals surface area (Å²) in [4.78, 5) is 0. The Bertz CT molecular complexity index is 451. The summed E-state index contributed by atoms with van der Waals surface area (Å²) in [5, 5.41) is 18.1. The molecule has 1 saturated carbocycles. The highest BCUT2D eigenvalue weighted by molar-refractivity contribution is 5.25. The predicted octanol–water partition coefficient (Wildman–Crippen LogP) is 2.52. The molecule has 114 valence electrons. The van der Waals surface area contributed by atoms with Gasteiger partial charge >= 0.3 is 0 Å². The molecule has 4 heteroatoms. The number of aliphatic hydroxyl groups excluding tert-OH is 1. The molecule has 0 saturated heterocycles. The quantitative estimate of drug-likeness (QED) is 0.871. The van der Waals surface area contributed by atoms with Gasteiger partial charge in [0, 0.05) is 11.2 Å². The van der Waals surface area contributed by atoms with Crippen LogP contribution in [0.5, 0.6) is 0 Å². The first-order valence-corrected chi connectivity index (χ1v) is 7.97. The molecular formula is C16H29N3O. The maximum absolute atomic E-state index is 9.82. The van der Waals surface area contributed by atoms with E-state index in [4.69, 9.17) is 5.10 Å². The smallest absolute Gasteiger partial charge is 0.0628 e. The highest BCUT2D eigenvalue weighted by atomic mass is 16.3. The van der Waals surface area contributed by atoms with Crippen LogP contribution in [0.2, 0.25) is 0 Å². The van der Waals surface area contributed by atoms with Crippen LogP contribution in [-0.4, -0.2) is 33.6 Å². The summed E-state index contributed by atoms with van der Waals surface area (Å²) in [7, 11) is 0. The average molecular weight is 279 g/mol. The Kier molecular flexibility index (Phi) is 4.86. The summed E-state index contributed by atoms with van der Waals surface area (Å²) >= 11 is 0. The molecule has 0 radical (unpaired) electrons. The largest absolute Gasteiger partial charge is 0.394 e. The maximum Gasteiger partial charge on any atom is 0.0628 e. The summed E-state index contributed by atoms with van der Waals surface area (Å²) in [5.41, 5.74) is 3.73. The lowest BCUT2D eigenvalue weighted by atomic mass is 9.79. The number of aryl methyl sites for hydroxylation is 1. The highest BCUT2D eigenvalue weighted by Crippen LogP contribution is 2.36. The van der Waals surface area contributed by atoms with Crippen LogP contribution in [0.3, 0.4) is 0 Å². The van der Waals surface area contributed by atoms with Crippen LogP contribution in [0.25, 0.3) is 0 Å². The van der Waals surface area contributed by atoms with E-state index in [0.717, 1.165) is 44.3 Å². The topological polar surface area (TPSA) is 50.1 Å². The Labute approximate surface area is 122 Å². The summed E-state index contributed by atoms with van der Waals surface area (Å²) in [6, 6.07) is 0.411. The van der Waals surface area contributed by atoms with Gasteiger partial charge in [0.1, 0.15) is 0 Å². The van der Waals surface area contributed by atoms with E-state index in [-0.39, 0.29) is 12.1 Å². The fourth-order valence-corrected chi connectivity index (χ4v) is 3.84. The standard InChI is InChI=1S/C16H29N3O/c1-5-15-12(3)18-19(13(15)4)14-8-7-9-16(10-14,11-20)17-6-2/h14,17,20H,5-11H2,1-4H3. The molecule has 20 heavy (non-hydrogen) atoms. The molecule has 4 nitrogen and oxygen atoms in total. The Morgan fingerprint density at radius 2 is 2.15 bits per heavy atom. The molecule has 2 N–H and O–H groups in total. The molecule has 1 fully saturated rings. The van der Waals surface area contributed by atoms with Gasteiger partial charge in [-0.3, -0.25) is 4.68 Å². The normalized spacial score (nSPS) is 26.9. The van der Waals surface area contributed by atoms with Gasteiger partial charge in [-0.05, 0) is 58.1 Å². The Balaban J connectivity index is 2.25. The molecular weight excluding hydrogens is 250 g/mol. The third kappa shape index (κ3) is 2.77. The van der Waals surface area contributed by atoms with Crippen molar-refractivity contribution < 1.29 is 5.11 Å². The Morgan fingerprint density at radius 3 is 2.70 bits per heavy atom. The first-order chi connectivity index (χ1) is 9.56. The lowest BCUT2D eigenvalue weighted by Gasteiger charge is -2.40. The lowest BCUT2D eigenvalue weighted by molar-refractivity contribution is 0.0954. The van der Waals surface area contributed by atoms with Crippen LogP contribution in [0.1, 0.15) is 62.5 Å². The van der Waals surface area contributed by atoms with Crippen LogP contribution in [0, 0.1) is 13.8 Å². The van der Waals surface area contributed by atoms with Crippen molar-refractivity contribution in [3.63, 3.8) is 0 Å². The van der Waals surface area contributed by atoms with Gasteiger partial charge in [-0.1, -0.05) is 13.8 Å². The zero-order chi connectivity index (χ0) is 14.8. The highest BCUT2D eigenvalue weighted by Gasteiger charge is 2.36. The molecule has 1 aromatic heterocycles. The molecule has 1 aliphatic rings. The summed E-state index contributed by atoms with van der Waals surface area (Å²) in [6.45, 7) is 9.72. The van der Waals surface area contributed by atoms with Crippen LogP contribution in [-0.2, 0) is 6.42 Å². The number of hydrogen-bond acceptors (Lipinski definition) is 3. The third-order valence-electron chi connectivity index (χ3n) is 4.85. The van der Waals surface area contributed by atoms with Crippen molar-refractivity contribution in [1.82, 2.24) is 15.1 Å². The van der Waals surface area contributed by atoms with Crippen LogP contribution in [0.4, 0.5) is 0 Å². The van der Waals surface area contributed by atoms with E-state index >= 15 is 0 Å². The number of hydrogen-bond donors (Lipinski definition) is 2. The van der Waals surface area contributed by atoms with Gasteiger partial charge < -0.3 is 10.4 Å². The first kappa shape index (κ1) is 15.5. The number of nitrogens with one attached hydrogen (secondary N) is 1. The van der Waals surface area contributed by atoms with Crippen molar-refractivity contribution in [3.8, 4) is 0 Å². The molecule has 1 heterocycles. The molecule has 1 aliphatic carbocycles. The molecule has 0 aromatic carbocycles. The Hall–Kier alpha value is -0.870. The van der Waals surface area contributed by atoms with Crippen LogP contribution < -0.4 is 5.32 Å².